The highest BCUT2D eigenvalue weighted by molar-refractivity contribution is 7.86. The number of unbranched alkanes of at least 4 members (excludes halogenated alkanes) is 4. The predicted octanol–water partition coefficient (Wildman–Crippen LogP) is 5.07. The Morgan fingerprint density at radius 1 is 0.676 bits per heavy atom. The first kappa shape index (κ1) is 27.1. The van der Waals surface area contributed by atoms with E-state index in [2.05, 4.69) is 10.2 Å². The maximum Gasteiger partial charge on any atom is 0.294 e. The molecule has 0 aliphatic heterocycles. The first-order valence-electron chi connectivity index (χ1n) is 10.4. The van der Waals surface area contributed by atoms with Crippen molar-refractivity contribution in [2.75, 3.05) is 0 Å². The van der Waals surface area contributed by atoms with Gasteiger partial charge in [-0.05, 0) is 62.8 Å². The molecule has 34 heavy (non-hydrogen) atoms. The van der Waals surface area contributed by atoms with Gasteiger partial charge in [0, 0.05) is 24.0 Å². The van der Waals surface area contributed by atoms with Crippen molar-refractivity contribution in [3.8, 4) is 12.1 Å². The average Bonchev–Trinajstić information content (AvgIpc) is 2.77. The lowest BCUT2D eigenvalue weighted by molar-refractivity contribution is 0.479. The van der Waals surface area contributed by atoms with Crippen molar-refractivity contribution < 1.29 is 25.9 Å². The van der Waals surface area contributed by atoms with Crippen LogP contribution in [0, 0.1) is 22.7 Å². The third-order valence-corrected chi connectivity index (χ3v) is 6.85. The van der Waals surface area contributed by atoms with Gasteiger partial charge in [-0.15, -0.1) is 0 Å². The fourth-order valence-corrected chi connectivity index (χ4v) is 4.94. The number of hydrogen-bond acceptors (Lipinski definition) is 8. The van der Waals surface area contributed by atoms with Crippen molar-refractivity contribution in [1.82, 2.24) is 0 Å². The Morgan fingerprint density at radius 3 is 1.38 bits per heavy atom. The summed E-state index contributed by atoms with van der Waals surface area (Å²) in [6, 6.07) is 12.3. The zero-order valence-electron chi connectivity index (χ0n) is 18.3. The summed E-state index contributed by atoms with van der Waals surface area (Å²) in [6.07, 6.45) is 3.03. The highest BCUT2D eigenvalue weighted by Crippen LogP contribution is 2.33. The molecule has 0 aliphatic rings. The van der Waals surface area contributed by atoms with Crippen LogP contribution in [0.15, 0.2) is 56.4 Å². The first-order valence-corrected chi connectivity index (χ1v) is 13.3. The van der Waals surface area contributed by atoms with Gasteiger partial charge in [-0.1, -0.05) is 12.1 Å². The standard InChI is InChI=1S/C22H24N4O6S2/c23-15-5-1-3-9-17-19(11-7-13-21(17)33(27,28)29)25-26-20-12-8-14-22(34(30,31)32)18(20)10-4-2-6-16-24/h7-8,11-14H,1-6,9-10H2,(H,27,28,29)(H,30,31,32). The van der Waals surface area contributed by atoms with Gasteiger partial charge in [-0.3, -0.25) is 9.11 Å². The molecule has 0 fully saturated rings. The van der Waals surface area contributed by atoms with Gasteiger partial charge >= 0.3 is 0 Å². The minimum Gasteiger partial charge on any atom is -0.282 e. The van der Waals surface area contributed by atoms with Crippen LogP contribution in [0.3, 0.4) is 0 Å². The van der Waals surface area contributed by atoms with Gasteiger partial charge in [-0.2, -0.15) is 37.6 Å². The summed E-state index contributed by atoms with van der Waals surface area (Å²) in [7, 11) is -9.08. The normalized spacial score (nSPS) is 11.9. The van der Waals surface area contributed by atoms with Crippen LogP contribution < -0.4 is 0 Å². The molecular weight excluding hydrogens is 480 g/mol. The molecule has 0 heterocycles. The molecule has 2 aromatic rings. The van der Waals surface area contributed by atoms with E-state index in [0.29, 0.717) is 38.5 Å². The van der Waals surface area contributed by atoms with Crippen LogP contribution in [-0.4, -0.2) is 25.9 Å². The number of azo groups is 1. The van der Waals surface area contributed by atoms with Crippen LogP contribution in [0.2, 0.25) is 0 Å². The van der Waals surface area contributed by atoms with Crippen LogP contribution in [-0.2, 0) is 33.1 Å². The zero-order chi connectivity index (χ0) is 25.2. The number of nitriles is 2. The van der Waals surface area contributed by atoms with E-state index >= 15 is 0 Å². The summed E-state index contributed by atoms with van der Waals surface area (Å²) in [5.74, 6) is 0. The molecule has 0 saturated carbocycles. The fraction of sp³-hybridized carbons (Fsp3) is 0.364. The van der Waals surface area contributed by atoms with E-state index in [-0.39, 0.29) is 45.1 Å². The van der Waals surface area contributed by atoms with Crippen LogP contribution in [0.4, 0.5) is 11.4 Å². The molecule has 10 nitrogen and oxygen atoms in total. The van der Waals surface area contributed by atoms with Gasteiger partial charge in [0.2, 0.25) is 0 Å². The molecule has 0 unspecified atom stereocenters. The SMILES string of the molecule is N#CCCCCc1c(N=Nc2cccc(S(=O)(=O)O)c2CCCCC#N)cccc1S(=O)(=O)O. The monoisotopic (exact) mass is 504 g/mol. The molecule has 12 heteroatoms. The smallest absolute Gasteiger partial charge is 0.282 e. The Balaban J connectivity index is 2.51. The van der Waals surface area contributed by atoms with Gasteiger partial charge in [0.1, 0.15) is 0 Å². The minimum absolute atomic E-state index is 0.166. The van der Waals surface area contributed by atoms with Gasteiger partial charge < -0.3 is 0 Å². The van der Waals surface area contributed by atoms with E-state index in [1.165, 1.54) is 36.4 Å². The summed E-state index contributed by atoms with van der Waals surface area (Å²) in [5, 5.41) is 25.7. The molecule has 2 rings (SSSR count). The van der Waals surface area contributed by atoms with Gasteiger partial charge in [-0.25, -0.2) is 0 Å². The molecule has 2 N–H and O–H groups in total. The molecule has 180 valence electrons. The van der Waals surface area contributed by atoms with E-state index in [4.69, 9.17) is 10.5 Å². The molecular formula is C22H24N4O6S2. The number of benzene rings is 2. The minimum atomic E-state index is -4.54. The van der Waals surface area contributed by atoms with E-state index in [1.807, 2.05) is 12.1 Å². The highest BCUT2D eigenvalue weighted by Gasteiger charge is 2.20. The van der Waals surface area contributed by atoms with Crippen molar-refractivity contribution in [2.24, 2.45) is 10.2 Å². The molecule has 0 radical (unpaired) electrons. The van der Waals surface area contributed by atoms with Crippen molar-refractivity contribution in [3.63, 3.8) is 0 Å². The molecule has 0 bridgehead atoms. The van der Waals surface area contributed by atoms with E-state index in [9.17, 15) is 25.9 Å². The Hall–Kier alpha value is -3.16. The van der Waals surface area contributed by atoms with E-state index < -0.39 is 20.2 Å². The number of rotatable bonds is 12. The lowest BCUT2D eigenvalue weighted by Gasteiger charge is -2.11. The second-order valence-electron chi connectivity index (χ2n) is 7.39. The highest BCUT2D eigenvalue weighted by atomic mass is 32.2. The average molecular weight is 505 g/mol. The molecule has 0 atom stereocenters. The Bertz CT molecular complexity index is 1240. The Kier molecular flexibility index (Phi) is 9.83. The molecule has 2 aromatic carbocycles. The van der Waals surface area contributed by atoms with Crippen molar-refractivity contribution >= 4 is 31.6 Å². The van der Waals surface area contributed by atoms with E-state index in [0.717, 1.165) is 0 Å². The Morgan fingerprint density at radius 2 is 1.06 bits per heavy atom. The summed E-state index contributed by atoms with van der Waals surface area (Å²) >= 11 is 0. The lowest BCUT2D eigenvalue weighted by Crippen LogP contribution is -2.04. The third-order valence-electron chi connectivity index (χ3n) is 4.97. The van der Waals surface area contributed by atoms with Crippen LogP contribution in [0.25, 0.3) is 0 Å². The number of hydrogen-bond donors (Lipinski definition) is 2. The van der Waals surface area contributed by atoms with Gasteiger partial charge in [0.05, 0.1) is 33.3 Å². The molecule has 0 aromatic heterocycles. The summed E-state index contributed by atoms with van der Waals surface area (Å²) < 4.78 is 66.7. The van der Waals surface area contributed by atoms with Gasteiger partial charge in [0.15, 0.2) is 0 Å². The van der Waals surface area contributed by atoms with Crippen LogP contribution in [0.1, 0.15) is 49.7 Å². The second kappa shape index (κ2) is 12.3. The molecule has 0 saturated heterocycles. The van der Waals surface area contributed by atoms with Gasteiger partial charge in [0.25, 0.3) is 20.2 Å². The molecule has 0 amide bonds. The zero-order valence-corrected chi connectivity index (χ0v) is 19.9. The Labute approximate surface area is 199 Å². The maximum atomic E-state index is 11.9. The molecule has 0 aliphatic carbocycles. The number of nitrogens with zero attached hydrogens (tertiary/aromatic N) is 4. The fourth-order valence-electron chi connectivity index (χ4n) is 3.40. The van der Waals surface area contributed by atoms with Crippen molar-refractivity contribution in [3.05, 3.63) is 47.5 Å². The maximum absolute atomic E-state index is 11.9. The summed E-state index contributed by atoms with van der Waals surface area (Å²) in [4.78, 5) is -0.631. The topological polar surface area (TPSA) is 181 Å². The largest absolute Gasteiger partial charge is 0.294 e. The van der Waals surface area contributed by atoms with Crippen molar-refractivity contribution in [1.29, 1.82) is 10.5 Å². The quantitative estimate of drug-likeness (QED) is 0.228. The first-order chi connectivity index (χ1) is 16.1. The van der Waals surface area contributed by atoms with Crippen LogP contribution >= 0.6 is 0 Å². The predicted molar refractivity (Wildman–Crippen MR) is 123 cm³/mol. The van der Waals surface area contributed by atoms with E-state index in [1.54, 1.807) is 0 Å². The van der Waals surface area contributed by atoms with Crippen LogP contribution in [0.5, 0.6) is 0 Å². The second-order valence-corrected chi connectivity index (χ2v) is 10.2. The summed E-state index contributed by atoms with van der Waals surface area (Å²) in [6.45, 7) is 0. The van der Waals surface area contributed by atoms with Crippen molar-refractivity contribution in [2.45, 2.75) is 61.2 Å². The summed E-state index contributed by atoms with van der Waals surface area (Å²) in [5.41, 5.74) is 0.793. The lowest BCUT2D eigenvalue weighted by atomic mass is 10.0. The molecule has 0 spiro atoms. The third kappa shape index (κ3) is 7.71.